The predicted octanol–water partition coefficient (Wildman–Crippen LogP) is -0.289. The first-order chi connectivity index (χ1) is 1.00. The number of hydrogen-bond donors (Lipinski definition) is 0. The molecule has 0 spiro atoms. The summed E-state index contributed by atoms with van der Waals surface area (Å²) in [5, 5.41) is 0. The molecule has 0 N–H and O–H groups in total. The normalized spacial score (nSPS) is 0.500. The molecule has 42 valence electrons. The first kappa shape index (κ1) is 66.4. The maximum atomic E-state index is 7.75. The molecule has 0 heterocycles. The number of hydrogen-bond acceptors (Lipinski definition) is 1. The summed E-state index contributed by atoms with van der Waals surface area (Å²) in [7, 11) is 0. The van der Waals surface area contributed by atoms with E-state index in [1.165, 1.54) is 0 Å². The molecular weight excluding hydrogens is 334 g/mol. The smallest absolute Gasteiger partial charge is 0 e. The molecule has 0 amide bonds. The minimum Gasteiger partial charge on any atom is -0.545 e. The first-order valence-corrected chi connectivity index (χ1v) is 0.236. The maximum absolute atomic E-state index is 7.75. The molecule has 0 aromatic heterocycles. The van der Waals surface area contributed by atoms with Crippen LogP contribution in [0.1, 0.15) is 0 Å². The van der Waals surface area contributed by atoms with E-state index < -0.39 is 0 Å². The molecule has 7 heteroatoms. The third-order valence-electron chi connectivity index (χ3n) is 0. The van der Waals surface area contributed by atoms with E-state index in [-0.39, 0.29) is 111 Å². The van der Waals surface area contributed by atoms with E-state index >= 15 is 0 Å². The van der Waals surface area contributed by atoms with E-state index in [0.717, 1.165) is 0 Å². The van der Waals surface area contributed by atoms with Crippen molar-refractivity contribution in [3.8, 4) is 0 Å². The number of rotatable bonds is 0. The van der Waals surface area contributed by atoms with Crippen LogP contribution < -0.4 is 0 Å². The topological polar surface area (TPSA) is 17.1 Å². The van der Waals surface area contributed by atoms with Gasteiger partial charge in [0.2, 0.25) is 0 Å². The van der Waals surface area contributed by atoms with E-state index in [2.05, 4.69) is 6.79 Å². The van der Waals surface area contributed by atoms with E-state index in [9.17, 15) is 0 Å². The molecule has 0 aliphatic rings. The van der Waals surface area contributed by atoms with Gasteiger partial charge in [-0.15, -0.1) is 0 Å². The van der Waals surface area contributed by atoms with E-state index in [0.29, 0.717) is 0 Å². The van der Waals surface area contributed by atoms with Crippen molar-refractivity contribution >= 4 is 6.79 Å². The van der Waals surface area contributed by atoms with Gasteiger partial charge in [-0.1, -0.05) is 0 Å². The van der Waals surface area contributed by atoms with Crippen molar-refractivity contribution in [2.45, 2.75) is 0 Å². The van der Waals surface area contributed by atoms with E-state index in [1.54, 1.807) is 0 Å². The maximum Gasteiger partial charge on any atom is 0 e. The molecule has 0 atom stereocenters. The van der Waals surface area contributed by atoms with Crippen molar-refractivity contribution < 1.29 is 116 Å². The molecule has 0 aliphatic heterocycles. The fourth-order valence-electron chi connectivity index (χ4n) is 0. The van der Waals surface area contributed by atoms with Gasteiger partial charge in [-0.2, -0.15) is 0 Å². The second-order valence-electron chi connectivity index (χ2n) is 0. The zero-order valence-electron chi connectivity index (χ0n) is 3.67. The summed E-state index contributed by atoms with van der Waals surface area (Å²) >= 11 is 0. The molecule has 0 fully saturated rings. The van der Waals surface area contributed by atoms with Gasteiger partial charge in [0.15, 0.2) is 0 Å². The van der Waals surface area contributed by atoms with Crippen LogP contribution in [0, 0.1) is 0 Å². The molecule has 0 aliphatic carbocycles. The molecule has 0 saturated heterocycles. The second kappa shape index (κ2) is 84.9. The molecular formula is CHOV6-. The van der Waals surface area contributed by atoms with Gasteiger partial charge in [0.25, 0.3) is 0 Å². The van der Waals surface area contributed by atoms with E-state index in [4.69, 9.17) is 4.79 Å². The van der Waals surface area contributed by atoms with Crippen LogP contribution in [0.2, 0.25) is 0 Å². The minimum absolute atomic E-state index is 0. The Morgan fingerprint density at radius 3 is 0.500 bits per heavy atom. The van der Waals surface area contributed by atoms with Gasteiger partial charge >= 0.3 is 0 Å². The molecule has 6 radical (unpaired) electrons. The summed E-state index contributed by atoms with van der Waals surface area (Å²) in [6, 6.07) is 0. The van der Waals surface area contributed by atoms with Gasteiger partial charge in [0, 0.05) is 111 Å². The van der Waals surface area contributed by atoms with Gasteiger partial charge in [-0.05, 0) is 0 Å². The Morgan fingerprint density at radius 1 is 0.500 bits per heavy atom. The van der Waals surface area contributed by atoms with E-state index in [1.807, 2.05) is 0 Å². The average Bonchev–Trinajstić information content (AvgIpc) is 1.00. The summed E-state index contributed by atoms with van der Waals surface area (Å²) in [5.41, 5.74) is 0. The Morgan fingerprint density at radius 2 is 0.500 bits per heavy atom. The standard InChI is InChI=1S/CHO.6V/c1-2;;;;;;/h1H;;;;;;/q-1;;;;;;. The zero-order chi connectivity index (χ0) is 2.00. The largest absolute Gasteiger partial charge is 0.545 e. The van der Waals surface area contributed by atoms with Gasteiger partial charge in [-0.25, -0.2) is 0 Å². The summed E-state index contributed by atoms with van der Waals surface area (Å²) in [4.78, 5) is 7.75. The Hall–Kier alpha value is 3.18. The second-order valence-corrected chi connectivity index (χ2v) is 0. The van der Waals surface area contributed by atoms with Crippen LogP contribution >= 0.6 is 0 Å². The van der Waals surface area contributed by atoms with Gasteiger partial charge in [0.1, 0.15) is 0 Å². The first-order valence-electron chi connectivity index (χ1n) is 0.236. The molecule has 8 heavy (non-hydrogen) atoms. The fraction of sp³-hybridized carbons (Fsp3) is 0. The molecule has 0 saturated carbocycles. The SMILES string of the molecule is [CH-]=O.[V].[V].[V].[V].[V].[V]. The molecule has 0 rings (SSSR count). The Labute approximate surface area is 121 Å². The van der Waals surface area contributed by atoms with Crippen LogP contribution in [-0.2, 0) is 116 Å². The van der Waals surface area contributed by atoms with Crippen molar-refractivity contribution in [3.63, 3.8) is 0 Å². The van der Waals surface area contributed by atoms with Crippen molar-refractivity contribution in [1.29, 1.82) is 0 Å². The zero-order valence-corrected chi connectivity index (χ0v) is 12.0. The molecule has 0 aromatic carbocycles. The average molecular weight is 335 g/mol. The summed E-state index contributed by atoms with van der Waals surface area (Å²) < 4.78 is 0. The van der Waals surface area contributed by atoms with Crippen molar-refractivity contribution in [3.05, 3.63) is 0 Å². The quantitative estimate of drug-likeness (QED) is 0.440. The molecule has 0 bridgehead atoms. The van der Waals surface area contributed by atoms with Crippen LogP contribution in [0.25, 0.3) is 0 Å². The van der Waals surface area contributed by atoms with Crippen molar-refractivity contribution in [2.75, 3.05) is 0 Å². The predicted molar refractivity (Wildman–Crippen MR) is 6.75 cm³/mol. The Balaban J connectivity index is -0.000000000333. The molecule has 0 unspecified atom stereocenters. The summed E-state index contributed by atoms with van der Waals surface area (Å²) in [6.07, 6.45) is 0. The number of carbonyl (C=O) groups excluding carboxylic acids is 1. The van der Waals surface area contributed by atoms with Crippen LogP contribution in [-0.4, -0.2) is 6.79 Å². The van der Waals surface area contributed by atoms with Gasteiger partial charge < -0.3 is 4.79 Å². The molecule has 0 aromatic rings. The van der Waals surface area contributed by atoms with Crippen LogP contribution in [0.5, 0.6) is 0 Å². The van der Waals surface area contributed by atoms with Gasteiger partial charge in [-0.3, -0.25) is 6.79 Å². The third kappa shape index (κ3) is 60.8. The third-order valence-corrected chi connectivity index (χ3v) is 0. The Kier molecular flexibility index (Phi) is 704. The van der Waals surface area contributed by atoms with Gasteiger partial charge in [0.05, 0.1) is 0 Å². The molecule has 1 nitrogen and oxygen atoms in total. The van der Waals surface area contributed by atoms with Crippen LogP contribution in [0.3, 0.4) is 0 Å². The van der Waals surface area contributed by atoms with Crippen molar-refractivity contribution in [2.24, 2.45) is 0 Å². The fourth-order valence-corrected chi connectivity index (χ4v) is 0. The minimum atomic E-state index is 0. The van der Waals surface area contributed by atoms with Crippen molar-refractivity contribution in [1.82, 2.24) is 0 Å². The summed E-state index contributed by atoms with van der Waals surface area (Å²) in [6.45, 7) is 3.25. The Bertz CT molecular complexity index is 8.49. The monoisotopic (exact) mass is 335 g/mol. The summed E-state index contributed by atoms with van der Waals surface area (Å²) in [5.74, 6) is 0. The van der Waals surface area contributed by atoms with Crippen LogP contribution in [0.4, 0.5) is 0 Å². The van der Waals surface area contributed by atoms with Crippen LogP contribution in [0.15, 0.2) is 0 Å².